The van der Waals surface area contributed by atoms with Gasteiger partial charge in [0.1, 0.15) is 0 Å². The maximum absolute atomic E-state index is 10.3. The Balaban J connectivity index is 0.000000324. The summed E-state index contributed by atoms with van der Waals surface area (Å²) >= 11 is 1.93. The van der Waals surface area contributed by atoms with Crippen LogP contribution < -0.4 is 20.8 Å². The van der Waals surface area contributed by atoms with Crippen molar-refractivity contribution >= 4 is 45.9 Å². The minimum atomic E-state index is -1.21. The number of carboxylic acids is 2. The summed E-state index contributed by atoms with van der Waals surface area (Å²) in [5.41, 5.74) is 0. The quantitative estimate of drug-likeness (QED) is 0.504. The third-order valence-corrected chi connectivity index (χ3v) is 3.68. The van der Waals surface area contributed by atoms with E-state index in [4.69, 9.17) is 0 Å². The minimum Gasteiger partial charge on any atom is -0.548 e. The number of nitrogens with one attached hydrogen (secondary N) is 2. The number of thioether (sulfide) groups is 2. The van der Waals surface area contributed by atoms with Crippen molar-refractivity contribution in [3.63, 3.8) is 0 Å². The fourth-order valence-electron chi connectivity index (χ4n) is 1.02. The van der Waals surface area contributed by atoms with Crippen LogP contribution in [0.25, 0.3) is 0 Å². The number of hydrogen-bond acceptors (Lipinski definition) is 8. The molecule has 0 aromatic heterocycles. The molecule has 0 aromatic rings. The monoisotopic (exact) mass is 355 g/mol. The second kappa shape index (κ2) is 8.31. The third-order valence-electron chi connectivity index (χ3n) is 1.92. The van der Waals surface area contributed by atoms with Crippen molar-refractivity contribution in [3.05, 3.63) is 0 Å². The summed E-state index contributed by atoms with van der Waals surface area (Å²) in [5, 5.41) is 23.9. The summed E-state index contributed by atoms with van der Waals surface area (Å²) in [6.45, 7) is 0. The summed E-state index contributed by atoms with van der Waals surface area (Å²) in [5.74, 6) is -1.87. The first kappa shape index (κ1) is 18.1. The molecule has 2 fully saturated rings. The van der Waals surface area contributed by atoms with Gasteiger partial charge in [-0.05, 0) is 0 Å². The number of carbonyl (C=O) groups excluding carboxylic acids is 4. The fourth-order valence-corrected chi connectivity index (χ4v) is 2.55. The van der Waals surface area contributed by atoms with E-state index in [1.165, 1.54) is 0 Å². The topological polar surface area (TPSA) is 138 Å². The van der Waals surface area contributed by atoms with E-state index in [2.05, 4.69) is 10.6 Å². The van der Waals surface area contributed by atoms with E-state index in [1.807, 2.05) is 0 Å². The molecule has 2 aliphatic rings. The molecule has 11 heteroatoms. The maximum atomic E-state index is 10.3. The fraction of sp³-hybridized carbons (Fsp3) is 0.500. The van der Waals surface area contributed by atoms with Gasteiger partial charge in [0.05, 0.1) is 24.0 Å². The van der Waals surface area contributed by atoms with Gasteiger partial charge in [0.25, 0.3) is 10.5 Å². The van der Waals surface area contributed by atoms with Gasteiger partial charge < -0.3 is 30.4 Å². The van der Waals surface area contributed by atoms with Crippen molar-refractivity contribution < 1.29 is 46.5 Å². The molecule has 0 saturated carbocycles. The minimum absolute atomic E-state index is 0. The standard InChI is InChI=1S/2C4H5NO3S.Cu/c2*6-3(7)2-1-9-4(8)5-2;/h2*2H,1H2,(H,5,8)(H,6,7);/q;;+2/p-2. The molecule has 2 heterocycles. The van der Waals surface area contributed by atoms with E-state index in [1.54, 1.807) is 0 Å². The van der Waals surface area contributed by atoms with Gasteiger partial charge in [-0.1, -0.05) is 23.5 Å². The van der Waals surface area contributed by atoms with Gasteiger partial charge in [-0.25, -0.2) is 0 Å². The van der Waals surface area contributed by atoms with Gasteiger partial charge in [0.15, 0.2) is 0 Å². The van der Waals surface area contributed by atoms with Gasteiger partial charge in [0, 0.05) is 11.5 Å². The van der Waals surface area contributed by atoms with Gasteiger partial charge >= 0.3 is 17.1 Å². The Morgan fingerprint density at radius 2 is 1.26 bits per heavy atom. The summed E-state index contributed by atoms with van der Waals surface area (Å²) in [4.78, 5) is 40.7. The van der Waals surface area contributed by atoms with Crippen LogP contribution >= 0.6 is 23.5 Å². The molecule has 1 radical (unpaired) electrons. The molecule has 0 bridgehead atoms. The molecule has 8 nitrogen and oxygen atoms in total. The van der Waals surface area contributed by atoms with Crippen molar-refractivity contribution in [2.75, 3.05) is 11.5 Å². The molecule has 2 rings (SSSR count). The molecule has 0 aliphatic carbocycles. The molecule has 109 valence electrons. The van der Waals surface area contributed by atoms with Crippen LogP contribution in [0.2, 0.25) is 0 Å². The van der Waals surface area contributed by atoms with Gasteiger partial charge in [-0.2, -0.15) is 0 Å². The second-order valence-corrected chi connectivity index (χ2v) is 5.21. The number of carbonyl (C=O) groups is 4. The molecule has 2 aliphatic heterocycles. The van der Waals surface area contributed by atoms with E-state index < -0.39 is 24.0 Å². The Morgan fingerprint density at radius 1 is 0.947 bits per heavy atom. The number of aliphatic carboxylic acids is 2. The first-order valence-corrected chi connectivity index (χ1v) is 6.65. The summed E-state index contributed by atoms with van der Waals surface area (Å²) in [6, 6.07) is -1.58. The van der Waals surface area contributed by atoms with Crippen LogP contribution in [0.15, 0.2) is 0 Å². The van der Waals surface area contributed by atoms with Crippen LogP contribution in [0.1, 0.15) is 0 Å². The molecule has 2 saturated heterocycles. The molecule has 19 heavy (non-hydrogen) atoms. The van der Waals surface area contributed by atoms with Crippen molar-refractivity contribution in [2.24, 2.45) is 0 Å². The smallest absolute Gasteiger partial charge is 0.548 e. The zero-order chi connectivity index (χ0) is 13.7. The Morgan fingerprint density at radius 3 is 1.37 bits per heavy atom. The molecule has 0 aromatic carbocycles. The predicted octanol–water partition coefficient (Wildman–Crippen LogP) is -2.88. The first-order chi connectivity index (χ1) is 8.40. The Kier molecular flexibility index (Phi) is 7.91. The van der Waals surface area contributed by atoms with Crippen molar-refractivity contribution in [2.45, 2.75) is 12.1 Å². The third kappa shape index (κ3) is 6.19. The Labute approximate surface area is 126 Å². The second-order valence-electron chi connectivity index (χ2n) is 3.23. The predicted molar refractivity (Wildman–Crippen MR) is 59.6 cm³/mol. The van der Waals surface area contributed by atoms with Crippen LogP contribution in [-0.2, 0) is 26.7 Å². The first-order valence-electron chi connectivity index (χ1n) is 4.68. The van der Waals surface area contributed by atoms with Crippen LogP contribution in [0.5, 0.6) is 0 Å². The average molecular weight is 356 g/mol. The van der Waals surface area contributed by atoms with E-state index in [-0.39, 0.29) is 39.1 Å². The Bertz CT molecular complexity index is 357. The van der Waals surface area contributed by atoms with E-state index in [0.29, 0.717) is 0 Å². The molecular weight excluding hydrogens is 348 g/mol. The van der Waals surface area contributed by atoms with E-state index in [9.17, 15) is 29.4 Å². The summed E-state index contributed by atoms with van der Waals surface area (Å²) in [6.07, 6.45) is 0. The zero-order valence-corrected chi connectivity index (χ0v) is 11.7. The number of rotatable bonds is 2. The molecule has 2 atom stereocenters. The van der Waals surface area contributed by atoms with Crippen LogP contribution in [-0.4, -0.2) is 46.0 Å². The molecule has 2 amide bonds. The van der Waals surface area contributed by atoms with E-state index in [0.717, 1.165) is 23.5 Å². The van der Waals surface area contributed by atoms with Crippen LogP contribution in [0.3, 0.4) is 0 Å². The molecule has 2 N–H and O–H groups in total. The van der Waals surface area contributed by atoms with Gasteiger partial charge in [-0.3, -0.25) is 9.59 Å². The van der Waals surface area contributed by atoms with Crippen molar-refractivity contribution in [1.29, 1.82) is 0 Å². The normalized spacial score (nSPS) is 24.4. The molecular formula is C8H8CuN2O6S2. The van der Waals surface area contributed by atoms with Gasteiger partial charge in [0.2, 0.25) is 0 Å². The number of amides is 2. The van der Waals surface area contributed by atoms with Gasteiger partial charge in [-0.15, -0.1) is 0 Å². The summed E-state index contributed by atoms with van der Waals surface area (Å²) < 4.78 is 0. The summed E-state index contributed by atoms with van der Waals surface area (Å²) in [7, 11) is 0. The van der Waals surface area contributed by atoms with Crippen LogP contribution in [0.4, 0.5) is 9.59 Å². The van der Waals surface area contributed by atoms with Crippen molar-refractivity contribution in [1.82, 2.24) is 10.6 Å². The SMILES string of the molecule is O=C1NC(C(=O)[O-])CS1.O=C1NC(C(=O)[O-])CS1.[Cu+2]. The maximum Gasteiger partial charge on any atom is 2.00 e. The number of hydrogen-bond donors (Lipinski definition) is 2. The molecule has 2 unspecified atom stereocenters. The average Bonchev–Trinajstić information content (AvgIpc) is 2.88. The largest absolute Gasteiger partial charge is 2.00 e. The van der Waals surface area contributed by atoms with E-state index >= 15 is 0 Å². The number of carboxylic acid groups (broad SMARTS) is 2. The van der Waals surface area contributed by atoms with Crippen molar-refractivity contribution in [3.8, 4) is 0 Å². The Hall–Kier alpha value is -0.901. The van der Waals surface area contributed by atoms with Crippen LogP contribution in [0, 0.1) is 0 Å². The molecule has 0 spiro atoms. The zero-order valence-electron chi connectivity index (χ0n) is 9.14.